The molecule has 0 saturated heterocycles. The van der Waals surface area contributed by atoms with E-state index < -0.39 is 10.2 Å². The molecule has 0 saturated carbocycles. The second-order valence-electron chi connectivity index (χ2n) is 3.29. The van der Waals surface area contributed by atoms with Gasteiger partial charge in [-0.05, 0) is 24.6 Å². The van der Waals surface area contributed by atoms with Crippen molar-refractivity contribution < 1.29 is 8.42 Å². The fraction of sp³-hybridized carbons (Fsp3) is 0.333. The van der Waals surface area contributed by atoms with Crippen molar-refractivity contribution in [3.63, 3.8) is 0 Å². The number of nitrogens with one attached hydrogen (secondary N) is 2. The molecule has 0 aliphatic carbocycles. The van der Waals surface area contributed by atoms with Crippen molar-refractivity contribution in [3.05, 3.63) is 22.7 Å². The highest BCUT2D eigenvalue weighted by Gasteiger charge is 2.11. The summed E-state index contributed by atoms with van der Waals surface area (Å²) in [6.07, 6.45) is 0. The van der Waals surface area contributed by atoms with Crippen LogP contribution < -0.4 is 15.2 Å². The third kappa shape index (κ3) is 3.26. The third-order valence-corrected chi connectivity index (χ3v) is 3.41. The Morgan fingerprint density at radius 3 is 2.62 bits per heavy atom. The Morgan fingerprint density at radius 2 is 2.06 bits per heavy atom. The standard InChI is InChI=1S/C9H14ClN3O2S/c1-3-12-16(14,15)13-9-5-7(10)8(11)4-6(9)2/h4-5,12-13H,3,11H2,1-2H3. The molecule has 0 aromatic heterocycles. The summed E-state index contributed by atoms with van der Waals surface area (Å²) in [6, 6.07) is 3.10. The van der Waals surface area contributed by atoms with Crippen molar-refractivity contribution >= 4 is 33.2 Å². The lowest BCUT2D eigenvalue weighted by molar-refractivity contribution is 0.589. The first kappa shape index (κ1) is 13.1. The average Bonchev–Trinajstić information content (AvgIpc) is 2.13. The maximum absolute atomic E-state index is 11.5. The van der Waals surface area contributed by atoms with E-state index in [9.17, 15) is 8.42 Å². The summed E-state index contributed by atoms with van der Waals surface area (Å²) in [5, 5.41) is 0.319. The second kappa shape index (κ2) is 4.90. The molecule has 5 nitrogen and oxygen atoms in total. The molecule has 90 valence electrons. The Balaban J connectivity index is 3.03. The molecule has 7 heteroatoms. The molecule has 16 heavy (non-hydrogen) atoms. The molecule has 0 fully saturated rings. The molecular formula is C9H14ClN3O2S. The summed E-state index contributed by atoms with van der Waals surface area (Å²) in [4.78, 5) is 0. The van der Waals surface area contributed by atoms with Gasteiger partial charge in [0.2, 0.25) is 0 Å². The van der Waals surface area contributed by atoms with E-state index in [4.69, 9.17) is 17.3 Å². The smallest absolute Gasteiger partial charge is 0.299 e. The number of anilines is 2. The molecule has 1 aromatic carbocycles. The Bertz CT molecular complexity index is 488. The number of halogens is 1. The highest BCUT2D eigenvalue weighted by Crippen LogP contribution is 2.27. The van der Waals surface area contributed by atoms with Crippen LogP contribution in [0.15, 0.2) is 12.1 Å². The van der Waals surface area contributed by atoms with Gasteiger partial charge in [-0.25, -0.2) is 0 Å². The molecule has 0 amide bonds. The van der Waals surface area contributed by atoms with Crippen LogP contribution in [0.25, 0.3) is 0 Å². The number of nitrogens with two attached hydrogens (primary N) is 1. The van der Waals surface area contributed by atoms with Crippen LogP contribution in [0.4, 0.5) is 11.4 Å². The normalized spacial score (nSPS) is 11.4. The lowest BCUT2D eigenvalue weighted by atomic mass is 10.2. The molecule has 1 aromatic rings. The highest BCUT2D eigenvalue weighted by molar-refractivity contribution is 7.90. The van der Waals surface area contributed by atoms with E-state index in [1.807, 2.05) is 0 Å². The molecule has 0 radical (unpaired) electrons. The van der Waals surface area contributed by atoms with Crippen molar-refractivity contribution in [2.45, 2.75) is 13.8 Å². The quantitative estimate of drug-likeness (QED) is 0.720. The maximum Gasteiger partial charge on any atom is 0.299 e. The lowest BCUT2D eigenvalue weighted by Gasteiger charge is -2.11. The van der Waals surface area contributed by atoms with E-state index in [1.54, 1.807) is 19.9 Å². The molecule has 0 aliphatic heterocycles. The highest BCUT2D eigenvalue weighted by atomic mass is 35.5. The third-order valence-electron chi connectivity index (χ3n) is 1.92. The Labute approximate surface area is 100 Å². The Hall–Kier alpha value is -0.980. The largest absolute Gasteiger partial charge is 0.398 e. The monoisotopic (exact) mass is 263 g/mol. The van der Waals surface area contributed by atoms with Crippen LogP contribution in [0, 0.1) is 6.92 Å². The van der Waals surface area contributed by atoms with Gasteiger partial charge in [0, 0.05) is 6.54 Å². The van der Waals surface area contributed by atoms with Gasteiger partial charge in [0.25, 0.3) is 10.2 Å². The van der Waals surface area contributed by atoms with Crippen LogP contribution in [0.2, 0.25) is 5.02 Å². The van der Waals surface area contributed by atoms with Gasteiger partial charge in [-0.2, -0.15) is 13.1 Å². The van der Waals surface area contributed by atoms with Crippen LogP contribution in [0.5, 0.6) is 0 Å². The van der Waals surface area contributed by atoms with Crippen LogP contribution in [0.1, 0.15) is 12.5 Å². The van der Waals surface area contributed by atoms with Gasteiger partial charge in [-0.15, -0.1) is 0 Å². The number of aryl methyl sites for hydroxylation is 1. The van der Waals surface area contributed by atoms with Gasteiger partial charge < -0.3 is 5.73 Å². The summed E-state index contributed by atoms with van der Waals surface area (Å²) < 4.78 is 27.6. The molecule has 0 aliphatic rings. The predicted molar refractivity (Wildman–Crippen MR) is 66.8 cm³/mol. The second-order valence-corrected chi connectivity index (χ2v) is 5.20. The molecule has 0 unspecified atom stereocenters. The molecule has 0 atom stereocenters. The minimum atomic E-state index is -3.54. The van der Waals surface area contributed by atoms with Gasteiger partial charge in [0.1, 0.15) is 0 Å². The fourth-order valence-electron chi connectivity index (χ4n) is 1.18. The van der Waals surface area contributed by atoms with Gasteiger partial charge >= 0.3 is 0 Å². The Morgan fingerprint density at radius 1 is 1.44 bits per heavy atom. The van der Waals surface area contributed by atoms with Crippen molar-refractivity contribution in [3.8, 4) is 0 Å². The van der Waals surface area contributed by atoms with E-state index in [2.05, 4.69) is 9.44 Å². The summed E-state index contributed by atoms with van der Waals surface area (Å²) in [5.41, 5.74) is 7.14. The number of nitrogen functional groups attached to an aromatic ring is 1. The van der Waals surface area contributed by atoms with Crippen LogP contribution in [-0.4, -0.2) is 15.0 Å². The van der Waals surface area contributed by atoms with Crippen molar-refractivity contribution in [2.75, 3.05) is 17.0 Å². The van der Waals surface area contributed by atoms with E-state index in [1.165, 1.54) is 6.07 Å². The number of hydrogen-bond acceptors (Lipinski definition) is 3. The number of benzene rings is 1. The molecular weight excluding hydrogens is 250 g/mol. The molecule has 0 bridgehead atoms. The van der Waals surface area contributed by atoms with Gasteiger partial charge in [-0.3, -0.25) is 4.72 Å². The van der Waals surface area contributed by atoms with E-state index in [0.29, 0.717) is 28.5 Å². The van der Waals surface area contributed by atoms with Gasteiger partial charge in [0.05, 0.1) is 16.4 Å². The topological polar surface area (TPSA) is 84.2 Å². The summed E-state index contributed by atoms with van der Waals surface area (Å²) in [5.74, 6) is 0. The molecule has 0 spiro atoms. The lowest BCUT2D eigenvalue weighted by Crippen LogP contribution is -2.30. The zero-order chi connectivity index (χ0) is 12.3. The number of rotatable bonds is 4. The van der Waals surface area contributed by atoms with Gasteiger partial charge in [0.15, 0.2) is 0 Å². The van der Waals surface area contributed by atoms with Crippen LogP contribution in [0.3, 0.4) is 0 Å². The molecule has 0 heterocycles. The van der Waals surface area contributed by atoms with Crippen molar-refractivity contribution in [1.29, 1.82) is 0 Å². The first-order valence-corrected chi connectivity index (χ1v) is 6.55. The minimum Gasteiger partial charge on any atom is -0.398 e. The first-order chi connectivity index (χ1) is 7.35. The van der Waals surface area contributed by atoms with E-state index in [-0.39, 0.29) is 0 Å². The van der Waals surface area contributed by atoms with E-state index in [0.717, 1.165) is 0 Å². The molecule has 1 rings (SSSR count). The van der Waals surface area contributed by atoms with Crippen LogP contribution in [-0.2, 0) is 10.2 Å². The zero-order valence-electron chi connectivity index (χ0n) is 9.04. The van der Waals surface area contributed by atoms with Crippen molar-refractivity contribution in [1.82, 2.24) is 4.72 Å². The minimum absolute atomic E-state index is 0.317. The SMILES string of the molecule is CCNS(=O)(=O)Nc1cc(Cl)c(N)cc1C. The maximum atomic E-state index is 11.5. The summed E-state index contributed by atoms with van der Waals surface area (Å²) in [7, 11) is -3.54. The average molecular weight is 264 g/mol. The first-order valence-electron chi connectivity index (χ1n) is 4.68. The Kier molecular flexibility index (Phi) is 4.01. The zero-order valence-corrected chi connectivity index (χ0v) is 10.6. The summed E-state index contributed by atoms with van der Waals surface area (Å²) >= 11 is 5.81. The predicted octanol–water partition coefficient (Wildman–Crippen LogP) is 1.50. The summed E-state index contributed by atoms with van der Waals surface area (Å²) in [6.45, 7) is 3.76. The van der Waals surface area contributed by atoms with Crippen molar-refractivity contribution in [2.24, 2.45) is 0 Å². The number of hydrogen-bond donors (Lipinski definition) is 3. The van der Waals surface area contributed by atoms with Gasteiger partial charge in [-0.1, -0.05) is 18.5 Å². The molecule has 4 N–H and O–H groups in total. The van der Waals surface area contributed by atoms with E-state index >= 15 is 0 Å². The van der Waals surface area contributed by atoms with Crippen LogP contribution >= 0.6 is 11.6 Å². The fourth-order valence-corrected chi connectivity index (χ4v) is 2.31.